The Bertz CT molecular complexity index is 876. The van der Waals surface area contributed by atoms with Crippen LogP contribution in [0.2, 0.25) is 0 Å². The van der Waals surface area contributed by atoms with Gasteiger partial charge in [0.05, 0.1) is 13.5 Å². The molecule has 0 saturated heterocycles. The van der Waals surface area contributed by atoms with Crippen molar-refractivity contribution < 1.29 is 14.3 Å². The third-order valence-corrected chi connectivity index (χ3v) is 5.27. The first-order chi connectivity index (χ1) is 14.2. The lowest BCUT2D eigenvalue weighted by Gasteiger charge is -2.29. The van der Waals surface area contributed by atoms with Gasteiger partial charge < -0.3 is 15.0 Å². The predicted octanol–water partition coefficient (Wildman–Crippen LogP) is 4.04. The fourth-order valence-electron chi connectivity index (χ4n) is 3.19. The maximum atomic E-state index is 13.3. The van der Waals surface area contributed by atoms with Gasteiger partial charge in [0.2, 0.25) is 11.8 Å². The summed E-state index contributed by atoms with van der Waals surface area (Å²) in [5.74, 6) is 0.860. The van der Waals surface area contributed by atoms with Gasteiger partial charge in [0.25, 0.3) is 0 Å². The van der Waals surface area contributed by atoms with Crippen molar-refractivity contribution in [3.63, 3.8) is 0 Å². The van der Waals surface area contributed by atoms with Crippen molar-refractivity contribution in [1.29, 1.82) is 0 Å². The molecular weight excluding hydrogens is 376 g/mol. The normalized spacial score (nSPS) is 11.8. The van der Waals surface area contributed by atoms with Crippen LogP contribution in [0, 0.1) is 19.8 Å². The molecule has 0 aromatic heterocycles. The molecular formula is C25H34N2O3. The minimum atomic E-state index is -0.575. The molecule has 0 fully saturated rings. The number of hydrogen-bond donors (Lipinski definition) is 1. The minimum absolute atomic E-state index is 0.0757. The molecule has 2 amide bonds. The van der Waals surface area contributed by atoms with Crippen molar-refractivity contribution in [3.05, 3.63) is 64.7 Å². The molecule has 0 aliphatic rings. The standard InChI is InChI=1S/C25H34N2O3/c1-17(2)15-26-25(29)20(5)27(16-22-8-7-9-23(13-22)30-6)24(28)14-21-11-10-18(3)19(4)12-21/h7-13,17,20H,14-16H2,1-6H3,(H,26,29)/t20-/m0/s1. The molecule has 5 nitrogen and oxygen atoms in total. The van der Waals surface area contributed by atoms with Gasteiger partial charge in [-0.2, -0.15) is 0 Å². The molecule has 1 N–H and O–H groups in total. The van der Waals surface area contributed by atoms with Crippen molar-refractivity contribution >= 4 is 11.8 Å². The van der Waals surface area contributed by atoms with Crippen molar-refractivity contribution in [2.45, 2.75) is 53.6 Å². The zero-order chi connectivity index (χ0) is 22.3. The van der Waals surface area contributed by atoms with Crippen LogP contribution in [-0.4, -0.2) is 36.4 Å². The third kappa shape index (κ3) is 6.61. The van der Waals surface area contributed by atoms with E-state index in [1.54, 1.807) is 18.9 Å². The van der Waals surface area contributed by atoms with Gasteiger partial charge in [-0.1, -0.05) is 44.2 Å². The average Bonchev–Trinajstić information content (AvgIpc) is 2.72. The highest BCUT2D eigenvalue weighted by molar-refractivity contribution is 5.88. The molecule has 2 aromatic rings. The Morgan fingerprint density at radius 1 is 1.00 bits per heavy atom. The Hall–Kier alpha value is -2.82. The summed E-state index contributed by atoms with van der Waals surface area (Å²) in [6.45, 7) is 10.9. The van der Waals surface area contributed by atoms with Gasteiger partial charge in [-0.05, 0) is 61.1 Å². The van der Waals surface area contributed by atoms with Gasteiger partial charge in [0, 0.05) is 13.1 Å². The number of carbonyl (C=O) groups is 2. The number of amides is 2. The summed E-state index contributed by atoms with van der Waals surface area (Å²) in [7, 11) is 1.61. The van der Waals surface area contributed by atoms with Crippen LogP contribution in [0.15, 0.2) is 42.5 Å². The van der Waals surface area contributed by atoms with Gasteiger partial charge in [0.1, 0.15) is 11.8 Å². The van der Waals surface area contributed by atoms with E-state index < -0.39 is 6.04 Å². The van der Waals surface area contributed by atoms with E-state index >= 15 is 0 Å². The van der Waals surface area contributed by atoms with E-state index in [9.17, 15) is 9.59 Å². The van der Waals surface area contributed by atoms with Crippen molar-refractivity contribution in [2.75, 3.05) is 13.7 Å². The third-order valence-electron chi connectivity index (χ3n) is 5.27. The van der Waals surface area contributed by atoms with Crippen LogP contribution in [0.4, 0.5) is 0 Å². The Morgan fingerprint density at radius 2 is 1.73 bits per heavy atom. The topological polar surface area (TPSA) is 58.6 Å². The summed E-state index contributed by atoms with van der Waals surface area (Å²) < 4.78 is 5.31. The second kappa shape index (κ2) is 10.8. The molecule has 0 radical (unpaired) electrons. The summed E-state index contributed by atoms with van der Waals surface area (Å²) in [5.41, 5.74) is 4.23. The molecule has 30 heavy (non-hydrogen) atoms. The number of rotatable bonds is 9. The molecule has 162 valence electrons. The molecule has 2 rings (SSSR count). The van der Waals surface area contributed by atoms with E-state index in [-0.39, 0.29) is 18.2 Å². The molecule has 1 atom stereocenters. The fourth-order valence-corrected chi connectivity index (χ4v) is 3.19. The number of methoxy groups -OCH3 is 1. The number of carbonyl (C=O) groups excluding carboxylic acids is 2. The highest BCUT2D eigenvalue weighted by atomic mass is 16.5. The van der Waals surface area contributed by atoms with Gasteiger partial charge in [-0.25, -0.2) is 0 Å². The maximum absolute atomic E-state index is 13.3. The van der Waals surface area contributed by atoms with Crippen molar-refractivity contribution in [1.82, 2.24) is 10.2 Å². The molecule has 0 bridgehead atoms. The Labute approximate surface area is 180 Å². The number of aryl methyl sites for hydroxylation is 2. The van der Waals surface area contributed by atoms with Gasteiger partial charge in [0.15, 0.2) is 0 Å². The molecule has 0 unspecified atom stereocenters. The largest absolute Gasteiger partial charge is 0.497 e. The lowest BCUT2D eigenvalue weighted by atomic mass is 10.0. The van der Waals surface area contributed by atoms with Crippen LogP contribution in [0.3, 0.4) is 0 Å². The average molecular weight is 411 g/mol. The quantitative estimate of drug-likeness (QED) is 0.679. The molecule has 0 saturated carbocycles. The molecule has 5 heteroatoms. The molecule has 0 heterocycles. The van der Waals surface area contributed by atoms with Gasteiger partial charge in [-0.15, -0.1) is 0 Å². The van der Waals surface area contributed by atoms with Gasteiger partial charge in [-0.3, -0.25) is 9.59 Å². The summed E-state index contributed by atoms with van der Waals surface area (Å²) in [4.78, 5) is 27.6. The zero-order valence-corrected chi connectivity index (χ0v) is 19.0. The van der Waals surface area contributed by atoms with Crippen molar-refractivity contribution in [2.24, 2.45) is 5.92 Å². The molecule has 0 aliphatic heterocycles. The lowest BCUT2D eigenvalue weighted by Crippen LogP contribution is -2.48. The monoisotopic (exact) mass is 410 g/mol. The van der Waals surface area contributed by atoms with Gasteiger partial charge >= 0.3 is 0 Å². The second-order valence-corrected chi connectivity index (χ2v) is 8.28. The smallest absolute Gasteiger partial charge is 0.242 e. The number of hydrogen-bond acceptors (Lipinski definition) is 3. The van der Waals surface area contributed by atoms with Crippen LogP contribution < -0.4 is 10.1 Å². The Kier molecular flexibility index (Phi) is 8.46. The molecule has 0 spiro atoms. The minimum Gasteiger partial charge on any atom is -0.497 e. The predicted molar refractivity (Wildman–Crippen MR) is 120 cm³/mol. The Balaban J connectivity index is 2.24. The zero-order valence-electron chi connectivity index (χ0n) is 19.0. The second-order valence-electron chi connectivity index (χ2n) is 8.28. The Morgan fingerprint density at radius 3 is 2.37 bits per heavy atom. The first-order valence-electron chi connectivity index (χ1n) is 10.5. The number of ether oxygens (including phenoxy) is 1. The summed E-state index contributed by atoms with van der Waals surface area (Å²) in [6, 6.07) is 13.1. The fraction of sp³-hybridized carbons (Fsp3) is 0.440. The molecule has 0 aliphatic carbocycles. The van der Waals surface area contributed by atoms with E-state index in [1.807, 2.05) is 63.2 Å². The first kappa shape index (κ1) is 23.5. The van der Waals surface area contributed by atoms with Crippen LogP contribution in [0.1, 0.15) is 43.0 Å². The highest BCUT2D eigenvalue weighted by Crippen LogP contribution is 2.18. The van der Waals surface area contributed by atoms with Crippen molar-refractivity contribution in [3.8, 4) is 5.75 Å². The van der Waals surface area contributed by atoms with E-state index in [0.717, 1.165) is 22.4 Å². The lowest BCUT2D eigenvalue weighted by molar-refractivity contribution is -0.140. The first-order valence-corrected chi connectivity index (χ1v) is 10.5. The molecule has 2 aromatic carbocycles. The maximum Gasteiger partial charge on any atom is 0.242 e. The summed E-state index contributed by atoms with van der Waals surface area (Å²) in [6.07, 6.45) is 0.257. The van der Waals surface area contributed by atoms with Crippen LogP contribution in [0.25, 0.3) is 0 Å². The van der Waals surface area contributed by atoms with E-state index in [1.165, 1.54) is 5.56 Å². The number of nitrogens with one attached hydrogen (secondary N) is 1. The summed E-state index contributed by atoms with van der Waals surface area (Å²) >= 11 is 0. The van der Waals surface area contributed by atoms with E-state index in [0.29, 0.717) is 19.0 Å². The van der Waals surface area contributed by atoms with E-state index in [2.05, 4.69) is 12.2 Å². The number of benzene rings is 2. The highest BCUT2D eigenvalue weighted by Gasteiger charge is 2.26. The van der Waals surface area contributed by atoms with E-state index in [4.69, 9.17) is 4.74 Å². The van der Waals surface area contributed by atoms with Crippen LogP contribution in [-0.2, 0) is 22.6 Å². The summed E-state index contributed by atoms with van der Waals surface area (Å²) in [5, 5.41) is 2.95. The number of nitrogens with zero attached hydrogens (tertiary/aromatic N) is 1. The SMILES string of the molecule is COc1cccc(CN(C(=O)Cc2ccc(C)c(C)c2)[C@@H](C)C(=O)NCC(C)C)c1. The van der Waals surface area contributed by atoms with Crippen LogP contribution >= 0.6 is 0 Å². The van der Waals surface area contributed by atoms with Crippen LogP contribution in [0.5, 0.6) is 5.75 Å².